The van der Waals surface area contributed by atoms with Crippen molar-refractivity contribution in [3.8, 4) is 0 Å². The van der Waals surface area contributed by atoms with Crippen LogP contribution in [0.5, 0.6) is 0 Å². The molecule has 0 unspecified atom stereocenters. The Morgan fingerprint density at radius 2 is 1.69 bits per heavy atom. The van der Waals surface area contributed by atoms with E-state index < -0.39 is 53.3 Å². The summed E-state index contributed by atoms with van der Waals surface area (Å²) in [6.07, 6.45) is 7.10. The topological polar surface area (TPSA) is 153 Å². The summed E-state index contributed by atoms with van der Waals surface area (Å²) in [5.74, 6) is -2.76. The summed E-state index contributed by atoms with van der Waals surface area (Å²) in [6.45, 7) is 8.38. The number of ether oxygens (including phenoxy) is 2. The number of carbonyl (C=O) groups is 6. The van der Waals surface area contributed by atoms with Crippen molar-refractivity contribution in [3.05, 3.63) is 11.6 Å². The maximum atomic E-state index is 13.8. The lowest BCUT2D eigenvalue weighted by atomic mass is 9.46. The Morgan fingerprint density at radius 1 is 1.00 bits per heavy atom. The molecule has 42 heavy (non-hydrogen) atoms. The number of ketones is 2. The summed E-state index contributed by atoms with van der Waals surface area (Å²) < 4.78 is 11.2. The van der Waals surface area contributed by atoms with Crippen LogP contribution in [0.15, 0.2) is 11.6 Å². The van der Waals surface area contributed by atoms with Gasteiger partial charge in [-0.15, -0.1) is 0 Å². The summed E-state index contributed by atoms with van der Waals surface area (Å²) in [7, 11) is 0. The highest BCUT2D eigenvalue weighted by Crippen LogP contribution is 2.68. The fraction of sp³-hybridized carbons (Fsp3) is 0.750. The maximum Gasteiger partial charge on any atom is 0.326 e. The van der Waals surface area contributed by atoms with Gasteiger partial charge >= 0.3 is 17.9 Å². The van der Waals surface area contributed by atoms with Crippen LogP contribution in [0.2, 0.25) is 0 Å². The molecule has 2 N–H and O–H groups in total. The molecule has 0 aromatic carbocycles. The van der Waals surface area contributed by atoms with E-state index in [1.807, 2.05) is 13.0 Å². The average molecular weight is 588 g/mol. The first-order valence-electron chi connectivity index (χ1n) is 15.3. The van der Waals surface area contributed by atoms with E-state index >= 15 is 0 Å². The molecule has 7 atom stereocenters. The number of Topliss-reactive ketones (excluding diaryl/α,β-unsaturated/α-hetero) is 1. The number of carboxylic acids is 1. The first-order valence-corrected chi connectivity index (χ1v) is 15.3. The first-order chi connectivity index (χ1) is 19.6. The highest BCUT2D eigenvalue weighted by molar-refractivity contribution is 5.94. The molecule has 0 heterocycles. The number of aliphatic carboxylic acids is 1. The standard InChI is InChI=1S/C32H45NO9/c1-18(2)28(29(39)40)33-26(37)8-9-27(38)41-17-25(36)32(42-19(3)34)15-12-24-22-7-6-20-16-21(35)10-13-30(20,4)23(22)11-14-31(24,32)5/h16,18,22-24,28H,6-15,17H2,1-5H3,(H,33,37)(H,39,40)/t22-,23+,24+,28-,30+,31+,32+/m1/s1. The second kappa shape index (κ2) is 11.9. The number of rotatable bonds is 10. The van der Waals surface area contributed by atoms with Gasteiger partial charge in [0.25, 0.3) is 0 Å². The van der Waals surface area contributed by atoms with Crippen LogP contribution >= 0.6 is 0 Å². The van der Waals surface area contributed by atoms with Gasteiger partial charge in [0.1, 0.15) is 6.04 Å². The zero-order valence-electron chi connectivity index (χ0n) is 25.5. The monoisotopic (exact) mass is 587 g/mol. The van der Waals surface area contributed by atoms with Crippen molar-refractivity contribution >= 4 is 35.4 Å². The average Bonchev–Trinajstić information content (AvgIpc) is 3.21. The minimum absolute atomic E-state index is 0.0314. The number of carbonyl (C=O) groups excluding carboxylic acids is 5. The van der Waals surface area contributed by atoms with E-state index in [9.17, 15) is 33.9 Å². The summed E-state index contributed by atoms with van der Waals surface area (Å²) in [4.78, 5) is 74.4. The van der Waals surface area contributed by atoms with Crippen molar-refractivity contribution in [2.75, 3.05) is 6.61 Å². The van der Waals surface area contributed by atoms with E-state index in [0.29, 0.717) is 31.1 Å². The van der Waals surface area contributed by atoms with Crippen LogP contribution in [-0.2, 0) is 38.2 Å². The SMILES string of the molecule is CC(=O)O[C@]1(C(=O)COC(=O)CCC(=O)N[C@@H](C(=O)O)C(C)C)CC[C@H]2[C@@H]3CCC4=CC(=O)CC[C@]4(C)[C@H]3CC[C@@]21C. The molecule has 1 amide bonds. The lowest BCUT2D eigenvalue weighted by molar-refractivity contribution is -0.191. The van der Waals surface area contributed by atoms with Crippen LogP contribution in [0.3, 0.4) is 0 Å². The van der Waals surface area contributed by atoms with Crippen LogP contribution in [0, 0.1) is 34.5 Å². The van der Waals surface area contributed by atoms with Gasteiger partial charge in [-0.25, -0.2) is 4.79 Å². The van der Waals surface area contributed by atoms with E-state index in [-0.39, 0.29) is 35.9 Å². The molecule has 0 aliphatic heterocycles. The number of esters is 2. The third-order valence-electron chi connectivity index (χ3n) is 11.0. The predicted molar refractivity (Wildman–Crippen MR) is 151 cm³/mol. The van der Waals surface area contributed by atoms with Gasteiger partial charge in [0.2, 0.25) is 11.7 Å². The van der Waals surface area contributed by atoms with Gasteiger partial charge in [0.15, 0.2) is 18.0 Å². The molecule has 10 heteroatoms. The molecule has 0 radical (unpaired) electrons. The third kappa shape index (κ3) is 5.65. The molecule has 0 spiro atoms. The number of hydrogen-bond acceptors (Lipinski definition) is 8. The molecule has 0 aromatic heterocycles. The van der Waals surface area contributed by atoms with Gasteiger partial charge in [-0.1, -0.05) is 33.3 Å². The minimum Gasteiger partial charge on any atom is -0.480 e. The van der Waals surface area contributed by atoms with Gasteiger partial charge < -0.3 is 19.9 Å². The van der Waals surface area contributed by atoms with Crippen LogP contribution < -0.4 is 5.32 Å². The van der Waals surface area contributed by atoms with Gasteiger partial charge in [-0.3, -0.25) is 24.0 Å². The predicted octanol–water partition coefficient (Wildman–Crippen LogP) is 3.94. The quantitative estimate of drug-likeness (QED) is 0.362. The van der Waals surface area contributed by atoms with Crippen LogP contribution in [0.1, 0.15) is 98.8 Å². The number of allylic oxidation sites excluding steroid dienone is 1. The molecular weight excluding hydrogens is 542 g/mol. The Kier molecular flexibility index (Phi) is 9.05. The van der Waals surface area contributed by atoms with Crippen molar-refractivity contribution in [3.63, 3.8) is 0 Å². The van der Waals surface area contributed by atoms with E-state index in [4.69, 9.17) is 9.47 Å². The van der Waals surface area contributed by atoms with Crippen molar-refractivity contribution < 1.29 is 43.3 Å². The zero-order chi connectivity index (χ0) is 31.0. The summed E-state index contributed by atoms with van der Waals surface area (Å²) in [6, 6.07) is -1.07. The normalized spacial score (nSPS) is 34.3. The Balaban J connectivity index is 1.43. The summed E-state index contributed by atoms with van der Waals surface area (Å²) in [5.41, 5.74) is -0.797. The minimum atomic E-state index is -1.41. The first kappa shape index (κ1) is 31.9. The van der Waals surface area contributed by atoms with Crippen molar-refractivity contribution in [2.24, 2.45) is 34.5 Å². The molecule has 3 fully saturated rings. The van der Waals surface area contributed by atoms with E-state index in [0.717, 1.165) is 32.1 Å². The molecule has 232 valence electrons. The fourth-order valence-electron chi connectivity index (χ4n) is 8.80. The lowest BCUT2D eigenvalue weighted by Gasteiger charge is -2.59. The molecule has 0 bridgehead atoms. The van der Waals surface area contributed by atoms with Crippen LogP contribution in [0.4, 0.5) is 0 Å². The van der Waals surface area contributed by atoms with E-state index in [2.05, 4.69) is 12.2 Å². The van der Waals surface area contributed by atoms with E-state index in [1.165, 1.54) is 12.5 Å². The smallest absolute Gasteiger partial charge is 0.326 e. The van der Waals surface area contributed by atoms with Crippen molar-refractivity contribution in [1.29, 1.82) is 0 Å². The second-order valence-electron chi connectivity index (χ2n) is 13.6. The highest BCUT2D eigenvalue weighted by atomic mass is 16.6. The van der Waals surface area contributed by atoms with Gasteiger partial charge in [0, 0.05) is 25.2 Å². The number of fused-ring (bicyclic) bond motifs is 5. The molecule has 10 nitrogen and oxygen atoms in total. The fourth-order valence-corrected chi connectivity index (χ4v) is 8.80. The molecular formula is C32H45NO9. The van der Waals surface area contributed by atoms with Crippen LogP contribution in [-0.4, -0.2) is 58.7 Å². The van der Waals surface area contributed by atoms with Crippen LogP contribution in [0.25, 0.3) is 0 Å². The second-order valence-corrected chi connectivity index (χ2v) is 13.6. The number of nitrogens with one attached hydrogen (secondary N) is 1. The number of hydrogen-bond donors (Lipinski definition) is 2. The Labute approximate surface area is 247 Å². The van der Waals surface area contributed by atoms with Gasteiger partial charge in [-0.05, 0) is 80.1 Å². The van der Waals surface area contributed by atoms with Gasteiger partial charge in [0.05, 0.1) is 6.42 Å². The summed E-state index contributed by atoms with van der Waals surface area (Å²) >= 11 is 0. The van der Waals surface area contributed by atoms with Gasteiger partial charge in [-0.2, -0.15) is 0 Å². The molecule has 4 aliphatic carbocycles. The molecule has 0 aromatic rings. The number of carboxylic acid groups (broad SMARTS) is 1. The zero-order valence-corrected chi connectivity index (χ0v) is 25.5. The molecule has 4 aliphatic rings. The lowest BCUT2D eigenvalue weighted by Crippen LogP contribution is -2.59. The third-order valence-corrected chi connectivity index (χ3v) is 11.0. The Morgan fingerprint density at radius 3 is 2.33 bits per heavy atom. The Hall–Kier alpha value is -3.04. The van der Waals surface area contributed by atoms with Crippen molar-refractivity contribution in [1.82, 2.24) is 5.32 Å². The van der Waals surface area contributed by atoms with E-state index in [1.54, 1.807) is 13.8 Å². The van der Waals surface area contributed by atoms with Crippen molar-refractivity contribution in [2.45, 2.75) is 110 Å². The highest BCUT2D eigenvalue weighted by Gasteiger charge is 2.68. The number of amides is 1. The Bertz CT molecular complexity index is 1190. The maximum absolute atomic E-state index is 13.8. The largest absolute Gasteiger partial charge is 0.480 e. The molecule has 4 rings (SSSR count). The summed E-state index contributed by atoms with van der Waals surface area (Å²) in [5, 5.41) is 11.7. The molecule has 0 saturated heterocycles. The molecule has 3 saturated carbocycles.